The van der Waals surface area contributed by atoms with E-state index in [4.69, 9.17) is 11.6 Å². The molecule has 0 aliphatic carbocycles. The highest BCUT2D eigenvalue weighted by Gasteiger charge is 1.92. The lowest BCUT2D eigenvalue weighted by Crippen LogP contribution is -1.83. The Hall–Kier alpha value is -0.760. The Kier molecular flexibility index (Phi) is 2.51. The van der Waals surface area contributed by atoms with Crippen molar-refractivity contribution in [2.45, 2.75) is 0 Å². The maximum Gasteiger partial charge on any atom is 0.222 e. The zero-order chi connectivity index (χ0) is 7.40. The van der Waals surface area contributed by atoms with Gasteiger partial charge in [-0.15, -0.1) is 0 Å². The van der Waals surface area contributed by atoms with E-state index in [1.807, 2.05) is 0 Å². The SMILES string of the molecule is Fc1cccc(O[CH]Cl)c1. The van der Waals surface area contributed by atoms with Gasteiger partial charge in [-0.05, 0) is 12.1 Å². The average molecular weight is 160 g/mol. The average Bonchev–Trinajstić information content (AvgIpc) is 1.88. The minimum absolute atomic E-state index is 0.337. The summed E-state index contributed by atoms with van der Waals surface area (Å²) in [7, 11) is 0. The van der Waals surface area contributed by atoms with Gasteiger partial charge in [0.1, 0.15) is 11.6 Å². The van der Waals surface area contributed by atoms with Gasteiger partial charge in [-0.3, -0.25) is 0 Å². The summed E-state index contributed by atoms with van der Waals surface area (Å²) in [6.45, 7) is 0. The third-order valence-electron chi connectivity index (χ3n) is 0.977. The van der Waals surface area contributed by atoms with E-state index in [-0.39, 0.29) is 5.82 Å². The summed E-state index contributed by atoms with van der Waals surface area (Å²) in [6, 6.07) is 6.72. The van der Waals surface area contributed by atoms with E-state index in [1.165, 1.54) is 12.1 Å². The van der Waals surface area contributed by atoms with Gasteiger partial charge < -0.3 is 4.74 Å². The Labute approximate surface area is 63.4 Å². The van der Waals surface area contributed by atoms with Gasteiger partial charge in [0.25, 0.3) is 0 Å². The first-order valence-electron chi connectivity index (χ1n) is 2.67. The summed E-state index contributed by atoms with van der Waals surface area (Å²) in [4.78, 5) is 0. The van der Waals surface area contributed by atoms with Crippen LogP contribution in [0.1, 0.15) is 0 Å². The van der Waals surface area contributed by atoms with Crippen LogP contribution in [-0.4, -0.2) is 0 Å². The van der Waals surface area contributed by atoms with Gasteiger partial charge >= 0.3 is 0 Å². The molecule has 1 radical (unpaired) electrons. The zero-order valence-corrected chi connectivity index (χ0v) is 5.81. The molecule has 0 amide bonds. The van der Waals surface area contributed by atoms with Crippen LogP contribution in [0, 0.1) is 11.9 Å². The van der Waals surface area contributed by atoms with E-state index in [9.17, 15) is 4.39 Å². The molecule has 0 bridgehead atoms. The van der Waals surface area contributed by atoms with Crippen LogP contribution in [0.5, 0.6) is 5.75 Å². The molecule has 0 unspecified atom stereocenters. The Morgan fingerprint density at radius 1 is 1.50 bits per heavy atom. The summed E-state index contributed by atoms with van der Waals surface area (Å²) in [6.07, 6.45) is 0. The minimum atomic E-state index is -0.337. The molecule has 0 aliphatic rings. The number of hydrogen-bond donors (Lipinski definition) is 0. The van der Waals surface area contributed by atoms with Crippen molar-refractivity contribution in [2.24, 2.45) is 0 Å². The largest absolute Gasteiger partial charge is 0.469 e. The number of rotatable bonds is 2. The summed E-state index contributed by atoms with van der Waals surface area (Å²) in [5.41, 5.74) is 0. The molecule has 53 valence electrons. The number of ether oxygens (including phenoxy) is 1. The molecule has 0 saturated heterocycles. The van der Waals surface area contributed by atoms with Crippen LogP contribution in [0.2, 0.25) is 0 Å². The molecular weight excluding hydrogens is 155 g/mol. The Morgan fingerprint density at radius 2 is 2.30 bits per heavy atom. The fourth-order valence-corrected chi connectivity index (χ4v) is 0.695. The molecular formula is C7H5ClFO. The van der Waals surface area contributed by atoms with Crippen molar-refractivity contribution in [3.8, 4) is 5.75 Å². The number of benzene rings is 1. The van der Waals surface area contributed by atoms with Gasteiger partial charge in [0.2, 0.25) is 6.07 Å². The molecule has 1 rings (SSSR count). The highest BCUT2D eigenvalue weighted by molar-refractivity contribution is 6.22. The van der Waals surface area contributed by atoms with E-state index in [0.717, 1.165) is 6.07 Å². The maximum absolute atomic E-state index is 12.4. The first-order valence-corrected chi connectivity index (χ1v) is 3.10. The van der Waals surface area contributed by atoms with Crippen molar-refractivity contribution in [2.75, 3.05) is 0 Å². The highest BCUT2D eigenvalue weighted by Crippen LogP contribution is 2.12. The lowest BCUT2D eigenvalue weighted by molar-refractivity contribution is 0.448. The molecule has 3 heteroatoms. The van der Waals surface area contributed by atoms with E-state index in [2.05, 4.69) is 4.74 Å². The van der Waals surface area contributed by atoms with Crippen LogP contribution in [0.15, 0.2) is 24.3 Å². The van der Waals surface area contributed by atoms with Gasteiger partial charge in [-0.1, -0.05) is 17.7 Å². The Bertz CT molecular complexity index is 215. The van der Waals surface area contributed by atoms with Crippen molar-refractivity contribution in [3.63, 3.8) is 0 Å². The quantitative estimate of drug-likeness (QED) is 0.645. The second-order valence-corrected chi connectivity index (χ2v) is 1.84. The fraction of sp³-hybridized carbons (Fsp3) is 0. The minimum Gasteiger partial charge on any atom is -0.469 e. The molecule has 0 fully saturated rings. The Balaban J connectivity index is 2.75. The highest BCUT2D eigenvalue weighted by atomic mass is 35.5. The molecule has 0 atom stereocenters. The van der Waals surface area contributed by atoms with Crippen LogP contribution in [0.3, 0.4) is 0 Å². The number of hydrogen-bond acceptors (Lipinski definition) is 1. The predicted octanol–water partition coefficient (Wildman–Crippen LogP) is 2.56. The third kappa shape index (κ3) is 1.88. The van der Waals surface area contributed by atoms with Crippen LogP contribution in [0.25, 0.3) is 0 Å². The lowest BCUT2D eigenvalue weighted by Gasteiger charge is -1.98. The standard InChI is InChI=1S/C7H5ClFO/c8-5-10-7-3-1-2-6(9)4-7/h1-5H. The van der Waals surface area contributed by atoms with Crippen LogP contribution in [-0.2, 0) is 0 Å². The topological polar surface area (TPSA) is 9.23 Å². The van der Waals surface area contributed by atoms with Crippen molar-refractivity contribution >= 4 is 11.6 Å². The predicted molar refractivity (Wildman–Crippen MR) is 37.2 cm³/mol. The van der Waals surface area contributed by atoms with Crippen molar-refractivity contribution in [1.29, 1.82) is 0 Å². The molecule has 0 heterocycles. The van der Waals surface area contributed by atoms with E-state index < -0.39 is 0 Å². The van der Waals surface area contributed by atoms with Gasteiger partial charge in [0, 0.05) is 6.07 Å². The summed E-state index contributed by atoms with van der Waals surface area (Å²) < 4.78 is 17.0. The van der Waals surface area contributed by atoms with Gasteiger partial charge in [-0.2, -0.15) is 0 Å². The monoisotopic (exact) mass is 159 g/mol. The zero-order valence-electron chi connectivity index (χ0n) is 5.05. The molecule has 0 aliphatic heterocycles. The van der Waals surface area contributed by atoms with Gasteiger partial charge in [0.05, 0.1) is 0 Å². The Morgan fingerprint density at radius 3 is 2.90 bits per heavy atom. The smallest absolute Gasteiger partial charge is 0.222 e. The van der Waals surface area contributed by atoms with Crippen molar-refractivity contribution in [3.05, 3.63) is 36.1 Å². The van der Waals surface area contributed by atoms with E-state index in [1.54, 1.807) is 12.1 Å². The van der Waals surface area contributed by atoms with Gasteiger partial charge in [-0.25, -0.2) is 4.39 Å². The third-order valence-corrected chi connectivity index (χ3v) is 1.07. The normalized spacial score (nSPS) is 9.40. The number of halogens is 2. The van der Waals surface area contributed by atoms with Crippen LogP contribution < -0.4 is 4.74 Å². The fourth-order valence-electron chi connectivity index (χ4n) is 0.592. The van der Waals surface area contributed by atoms with Crippen molar-refractivity contribution in [1.82, 2.24) is 0 Å². The first kappa shape index (κ1) is 7.35. The van der Waals surface area contributed by atoms with Gasteiger partial charge in [0.15, 0.2) is 0 Å². The first-order chi connectivity index (χ1) is 4.83. The molecule has 1 nitrogen and oxygen atoms in total. The molecule has 1 aromatic carbocycles. The molecule has 0 N–H and O–H groups in total. The second kappa shape index (κ2) is 3.42. The summed E-state index contributed by atoms with van der Waals surface area (Å²) in [5, 5.41) is 0. The van der Waals surface area contributed by atoms with Crippen LogP contribution in [0.4, 0.5) is 4.39 Å². The molecule has 0 aromatic heterocycles. The summed E-state index contributed by atoms with van der Waals surface area (Å²) >= 11 is 5.12. The molecule has 0 saturated carbocycles. The molecule has 10 heavy (non-hydrogen) atoms. The van der Waals surface area contributed by atoms with E-state index >= 15 is 0 Å². The van der Waals surface area contributed by atoms with Crippen molar-refractivity contribution < 1.29 is 9.13 Å². The maximum atomic E-state index is 12.4. The van der Waals surface area contributed by atoms with E-state index in [0.29, 0.717) is 5.75 Å². The second-order valence-electron chi connectivity index (χ2n) is 1.66. The lowest BCUT2D eigenvalue weighted by atomic mass is 10.3. The molecule has 0 spiro atoms. The van der Waals surface area contributed by atoms with Crippen LogP contribution >= 0.6 is 11.6 Å². The summed E-state index contributed by atoms with van der Waals surface area (Å²) in [5.74, 6) is 0.0611. The molecule has 1 aromatic rings.